The highest BCUT2D eigenvalue weighted by molar-refractivity contribution is 6.44. The van der Waals surface area contributed by atoms with Gasteiger partial charge in [0.15, 0.2) is 0 Å². The predicted molar refractivity (Wildman–Crippen MR) is 91.6 cm³/mol. The Morgan fingerprint density at radius 3 is 1.80 bits per heavy atom. The van der Waals surface area contributed by atoms with Gasteiger partial charge in [-0.05, 0) is 31.7 Å². The van der Waals surface area contributed by atoms with Crippen LogP contribution in [0.25, 0.3) is 0 Å². The molecule has 120 valence electrons. The molecule has 0 fully saturated rings. The van der Waals surface area contributed by atoms with Crippen molar-refractivity contribution < 1.29 is 8.85 Å². The molecular formula is C17H36O2Si. The van der Waals surface area contributed by atoms with Gasteiger partial charge in [0.05, 0.1) is 0 Å². The second-order valence-corrected chi connectivity index (χ2v) is 7.62. The van der Waals surface area contributed by atoms with Crippen LogP contribution in [0.5, 0.6) is 0 Å². The van der Waals surface area contributed by atoms with E-state index in [0.29, 0.717) is 0 Å². The van der Waals surface area contributed by atoms with Gasteiger partial charge in [-0.15, -0.1) is 6.58 Å². The molecular weight excluding hydrogens is 264 g/mol. The van der Waals surface area contributed by atoms with Gasteiger partial charge >= 0.3 is 9.28 Å². The Bertz CT molecular complexity index is 189. The van der Waals surface area contributed by atoms with Crippen LogP contribution in [0.4, 0.5) is 0 Å². The van der Waals surface area contributed by atoms with Crippen LogP contribution in [0.1, 0.15) is 78.1 Å². The first-order valence-electron chi connectivity index (χ1n) is 8.69. The molecule has 0 heterocycles. The Morgan fingerprint density at radius 1 is 0.800 bits per heavy atom. The second-order valence-electron chi connectivity index (χ2n) is 5.51. The average Bonchev–Trinajstić information content (AvgIpc) is 2.47. The molecule has 3 heteroatoms. The Kier molecular flexibility index (Phi) is 16.8. The molecule has 0 N–H and O–H groups in total. The molecule has 0 atom stereocenters. The SMILES string of the molecule is C=CCCCCCCCCC[SiH](OCCC)OCCC. The minimum Gasteiger partial charge on any atom is -0.397 e. The van der Waals surface area contributed by atoms with Gasteiger partial charge in [0.1, 0.15) is 0 Å². The lowest BCUT2D eigenvalue weighted by molar-refractivity contribution is 0.195. The standard InChI is InChI=1S/C17H36O2Si/c1-4-7-8-9-10-11-12-13-14-17-20(18-15-5-2)19-16-6-3/h4,20H,1,5-17H2,2-3H3. The summed E-state index contributed by atoms with van der Waals surface area (Å²) in [7, 11) is -1.35. The molecule has 0 aromatic carbocycles. The first-order chi connectivity index (χ1) is 9.85. The van der Waals surface area contributed by atoms with Crippen molar-refractivity contribution in [2.24, 2.45) is 0 Å². The number of hydrogen-bond acceptors (Lipinski definition) is 2. The highest BCUT2D eigenvalue weighted by Gasteiger charge is 2.12. The molecule has 0 spiro atoms. The Morgan fingerprint density at radius 2 is 1.30 bits per heavy atom. The summed E-state index contributed by atoms with van der Waals surface area (Å²) >= 11 is 0. The van der Waals surface area contributed by atoms with E-state index in [-0.39, 0.29) is 0 Å². The first-order valence-corrected chi connectivity index (χ1v) is 10.4. The van der Waals surface area contributed by atoms with E-state index in [1.54, 1.807) is 0 Å². The number of allylic oxidation sites excluding steroid dienone is 1. The van der Waals surface area contributed by atoms with Crippen molar-refractivity contribution in [2.45, 2.75) is 84.1 Å². The highest BCUT2D eigenvalue weighted by Crippen LogP contribution is 2.12. The van der Waals surface area contributed by atoms with Crippen molar-refractivity contribution in [1.29, 1.82) is 0 Å². The van der Waals surface area contributed by atoms with E-state index in [1.165, 1.54) is 57.4 Å². The van der Waals surface area contributed by atoms with E-state index < -0.39 is 9.28 Å². The average molecular weight is 301 g/mol. The van der Waals surface area contributed by atoms with Crippen molar-refractivity contribution in [3.63, 3.8) is 0 Å². The summed E-state index contributed by atoms with van der Waals surface area (Å²) in [6.45, 7) is 9.84. The van der Waals surface area contributed by atoms with E-state index >= 15 is 0 Å². The van der Waals surface area contributed by atoms with Crippen molar-refractivity contribution in [3.05, 3.63) is 12.7 Å². The molecule has 0 saturated carbocycles. The molecule has 0 aliphatic heterocycles. The van der Waals surface area contributed by atoms with E-state index in [0.717, 1.165) is 26.1 Å². The molecule has 0 rings (SSSR count). The van der Waals surface area contributed by atoms with Gasteiger partial charge in [-0.2, -0.15) is 0 Å². The molecule has 0 unspecified atom stereocenters. The smallest absolute Gasteiger partial charge is 0.321 e. The maximum atomic E-state index is 5.87. The summed E-state index contributed by atoms with van der Waals surface area (Å²) in [4.78, 5) is 0. The van der Waals surface area contributed by atoms with E-state index in [9.17, 15) is 0 Å². The molecule has 20 heavy (non-hydrogen) atoms. The fourth-order valence-electron chi connectivity index (χ4n) is 2.20. The van der Waals surface area contributed by atoms with Crippen molar-refractivity contribution in [2.75, 3.05) is 13.2 Å². The van der Waals surface area contributed by atoms with E-state index in [2.05, 4.69) is 20.4 Å². The van der Waals surface area contributed by atoms with Gasteiger partial charge in [-0.1, -0.05) is 58.4 Å². The molecule has 0 saturated heterocycles. The molecule has 2 nitrogen and oxygen atoms in total. The normalized spacial score (nSPS) is 11.2. The van der Waals surface area contributed by atoms with Gasteiger partial charge in [0, 0.05) is 13.2 Å². The lowest BCUT2D eigenvalue weighted by Crippen LogP contribution is -2.23. The van der Waals surface area contributed by atoms with Gasteiger partial charge in [-0.25, -0.2) is 0 Å². The van der Waals surface area contributed by atoms with Crippen LogP contribution in [0, 0.1) is 0 Å². The summed E-state index contributed by atoms with van der Waals surface area (Å²) in [5.74, 6) is 0. The molecule has 0 radical (unpaired) electrons. The fourth-order valence-corrected chi connectivity index (χ4v) is 4.25. The van der Waals surface area contributed by atoms with E-state index in [1.807, 2.05) is 6.08 Å². The molecule has 0 aliphatic rings. The zero-order chi connectivity index (χ0) is 14.9. The third kappa shape index (κ3) is 14.3. The van der Waals surface area contributed by atoms with E-state index in [4.69, 9.17) is 8.85 Å². The van der Waals surface area contributed by atoms with Gasteiger partial charge in [0.2, 0.25) is 0 Å². The van der Waals surface area contributed by atoms with Gasteiger partial charge < -0.3 is 8.85 Å². The zero-order valence-corrected chi connectivity index (χ0v) is 15.0. The van der Waals surface area contributed by atoms with Crippen molar-refractivity contribution in [3.8, 4) is 0 Å². The number of rotatable bonds is 16. The monoisotopic (exact) mass is 300 g/mol. The molecule has 0 aromatic rings. The first kappa shape index (κ1) is 19.9. The summed E-state index contributed by atoms with van der Waals surface area (Å²) in [6.07, 6.45) is 14.9. The van der Waals surface area contributed by atoms with Crippen LogP contribution in [-0.2, 0) is 8.85 Å². The van der Waals surface area contributed by atoms with Crippen LogP contribution in [0.3, 0.4) is 0 Å². The molecule has 0 bridgehead atoms. The highest BCUT2D eigenvalue weighted by atomic mass is 28.3. The Balaban J connectivity index is 3.40. The van der Waals surface area contributed by atoms with Crippen LogP contribution in [0.15, 0.2) is 12.7 Å². The van der Waals surface area contributed by atoms with Crippen LogP contribution >= 0.6 is 0 Å². The quantitative estimate of drug-likeness (QED) is 0.217. The third-order valence-corrected chi connectivity index (χ3v) is 5.46. The molecule has 0 aromatic heterocycles. The minimum atomic E-state index is -1.35. The maximum Gasteiger partial charge on any atom is 0.321 e. The van der Waals surface area contributed by atoms with Gasteiger partial charge in [-0.3, -0.25) is 0 Å². The third-order valence-electron chi connectivity index (χ3n) is 3.36. The van der Waals surface area contributed by atoms with Crippen LogP contribution in [0.2, 0.25) is 6.04 Å². The number of unbranched alkanes of at least 4 members (excludes halogenated alkanes) is 7. The lowest BCUT2D eigenvalue weighted by Gasteiger charge is -2.16. The van der Waals surface area contributed by atoms with Gasteiger partial charge in [0.25, 0.3) is 0 Å². The van der Waals surface area contributed by atoms with Crippen LogP contribution in [-0.4, -0.2) is 22.5 Å². The Hall–Kier alpha value is -0.123. The summed E-state index contributed by atoms with van der Waals surface area (Å²) < 4.78 is 11.7. The lowest BCUT2D eigenvalue weighted by atomic mass is 10.1. The summed E-state index contributed by atoms with van der Waals surface area (Å²) in [5.41, 5.74) is 0. The van der Waals surface area contributed by atoms with Crippen molar-refractivity contribution >= 4 is 9.28 Å². The largest absolute Gasteiger partial charge is 0.397 e. The fraction of sp³-hybridized carbons (Fsp3) is 0.882. The second kappa shape index (κ2) is 16.9. The molecule has 0 amide bonds. The summed E-state index contributed by atoms with van der Waals surface area (Å²) in [5, 5.41) is 0. The predicted octanol–water partition coefficient (Wildman–Crippen LogP) is 5.37. The topological polar surface area (TPSA) is 18.5 Å². The summed E-state index contributed by atoms with van der Waals surface area (Å²) in [6, 6.07) is 1.19. The van der Waals surface area contributed by atoms with Crippen molar-refractivity contribution in [1.82, 2.24) is 0 Å². The zero-order valence-electron chi connectivity index (χ0n) is 13.9. The number of hydrogen-bond donors (Lipinski definition) is 0. The minimum absolute atomic E-state index is 0.879. The Labute approximate surface area is 128 Å². The maximum absolute atomic E-state index is 5.87. The molecule has 0 aliphatic carbocycles. The van der Waals surface area contributed by atoms with Crippen LogP contribution < -0.4 is 0 Å².